The predicted octanol–water partition coefficient (Wildman–Crippen LogP) is 7.21. The highest BCUT2D eigenvalue weighted by Gasteiger charge is 2.24. The van der Waals surface area contributed by atoms with Gasteiger partial charge in [0.25, 0.3) is 0 Å². The van der Waals surface area contributed by atoms with Gasteiger partial charge in [0, 0.05) is 12.1 Å². The summed E-state index contributed by atoms with van der Waals surface area (Å²) in [7, 11) is 0. The van der Waals surface area contributed by atoms with E-state index in [-0.39, 0.29) is 36.1 Å². The van der Waals surface area contributed by atoms with Crippen LogP contribution in [0.3, 0.4) is 0 Å². The van der Waals surface area contributed by atoms with E-state index < -0.39 is 0 Å². The van der Waals surface area contributed by atoms with E-state index >= 15 is 0 Å². The first kappa shape index (κ1) is 27.9. The normalized spacial score (nSPS) is 14.8. The molecule has 0 saturated carbocycles. The topological polar surface area (TPSA) is 46.2 Å². The Morgan fingerprint density at radius 3 is 1.48 bits per heavy atom. The molecule has 0 spiro atoms. The quantitative estimate of drug-likeness (QED) is 0.165. The van der Waals surface area contributed by atoms with Crippen LogP contribution in [0.1, 0.15) is 124 Å². The van der Waals surface area contributed by atoms with E-state index in [0.717, 1.165) is 0 Å². The Morgan fingerprint density at radius 1 is 0.760 bits per heavy atom. The first-order chi connectivity index (χ1) is 11.5. The molecule has 154 valence electrons. The van der Waals surface area contributed by atoms with Gasteiger partial charge in [0.05, 0.1) is 0 Å². The molecular formula is C22H48INO. The van der Waals surface area contributed by atoms with Gasteiger partial charge in [-0.1, -0.05) is 104 Å². The summed E-state index contributed by atoms with van der Waals surface area (Å²) in [5, 5.41) is 9.07. The lowest BCUT2D eigenvalue weighted by Gasteiger charge is -2.31. The lowest BCUT2D eigenvalue weighted by molar-refractivity contribution is 0.200. The Balaban J connectivity index is 0. The van der Waals surface area contributed by atoms with Gasteiger partial charge < -0.3 is 10.8 Å². The Kier molecular flexibility index (Phi) is 21.6. The summed E-state index contributed by atoms with van der Waals surface area (Å²) in [5.74, 6) is 0.502. The van der Waals surface area contributed by atoms with Crippen molar-refractivity contribution in [3.63, 3.8) is 0 Å². The van der Waals surface area contributed by atoms with Gasteiger partial charge in [-0.3, -0.25) is 0 Å². The van der Waals surface area contributed by atoms with Crippen LogP contribution in [-0.2, 0) is 0 Å². The molecule has 0 aromatic heterocycles. The maximum atomic E-state index is 9.07. The molecule has 0 aliphatic heterocycles. The van der Waals surface area contributed by atoms with E-state index in [1.54, 1.807) is 0 Å². The molecule has 2 nitrogen and oxygen atoms in total. The average molecular weight is 470 g/mol. The van der Waals surface area contributed by atoms with Crippen LogP contribution in [0.4, 0.5) is 0 Å². The number of hydrogen-bond donors (Lipinski definition) is 2. The number of halogens is 1. The summed E-state index contributed by atoms with van der Waals surface area (Å²) >= 11 is 0. The highest BCUT2D eigenvalue weighted by atomic mass is 127. The van der Waals surface area contributed by atoms with Gasteiger partial charge >= 0.3 is 0 Å². The van der Waals surface area contributed by atoms with Crippen LogP contribution in [0.2, 0.25) is 0 Å². The van der Waals surface area contributed by atoms with Crippen molar-refractivity contribution in [3.05, 3.63) is 0 Å². The zero-order chi connectivity index (χ0) is 18.1. The second-order valence-electron chi connectivity index (χ2n) is 8.27. The Morgan fingerprint density at radius 2 is 1.12 bits per heavy atom. The fourth-order valence-electron chi connectivity index (χ4n) is 3.46. The van der Waals surface area contributed by atoms with Gasteiger partial charge in [-0.25, -0.2) is 0 Å². The number of aliphatic hydroxyl groups excluding tert-OH is 1. The molecule has 0 aromatic rings. The standard InChI is InChI=1S/C22H47NO.HI/c1-4-5-6-7-8-9-10-11-12-13-14-15-16-17-18-21(2)22(3,23)19-20-24;/h21,24H,4-20,23H2,1-3H3;1H. The third-order valence-corrected chi connectivity index (χ3v) is 5.77. The molecule has 0 aromatic carbocycles. The maximum Gasteiger partial charge on any atom is 0.0448 e. The van der Waals surface area contributed by atoms with Crippen molar-refractivity contribution in [1.29, 1.82) is 0 Å². The van der Waals surface area contributed by atoms with Crippen LogP contribution in [0.25, 0.3) is 0 Å². The van der Waals surface area contributed by atoms with E-state index in [4.69, 9.17) is 10.8 Å². The molecule has 0 radical (unpaired) electrons. The van der Waals surface area contributed by atoms with Gasteiger partial charge in [0.15, 0.2) is 0 Å². The first-order valence-electron chi connectivity index (χ1n) is 10.9. The molecule has 25 heavy (non-hydrogen) atoms. The third-order valence-electron chi connectivity index (χ3n) is 5.77. The van der Waals surface area contributed by atoms with Crippen LogP contribution < -0.4 is 5.73 Å². The van der Waals surface area contributed by atoms with Crippen molar-refractivity contribution >= 4 is 24.0 Å². The van der Waals surface area contributed by atoms with E-state index in [9.17, 15) is 0 Å². The van der Waals surface area contributed by atoms with Crippen LogP contribution in [0.15, 0.2) is 0 Å². The van der Waals surface area contributed by atoms with E-state index in [1.807, 2.05) is 0 Å². The van der Waals surface area contributed by atoms with Gasteiger partial charge in [-0.15, -0.1) is 24.0 Å². The Hall–Kier alpha value is 0.650. The molecule has 0 aliphatic rings. The molecule has 0 amide bonds. The lowest BCUT2D eigenvalue weighted by Crippen LogP contribution is -2.43. The molecule has 2 unspecified atom stereocenters. The van der Waals surface area contributed by atoms with Gasteiger partial charge in [-0.05, 0) is 25.7 Å². The van der Waals surface area contributed by atoms with E-state index in [0.29, 0.717) is 12.3 Å². The van der Waals surface area contributed by atoms with Crippen molar-refractivity contribution in [3.8, 4) is 0 Å². The molecule has 0 bridgehead atoms. The van der Waals surface area contributed by atoms with Crippen molar-refractivity contribution in [2.75, 3.05) is 6.61 Å². The second-order valence-corrected chi connectivity index (χ2v) is 8.27. The molecule has 0 heterocycles. The van der Waals surface area contributed by atoms with Gasteiger partial charge in [-0.2, -0.15) is 0 Å². The van der Waals surface area contributed by atoms with Crippen molar-refractivity contribution in [2.45, 2.75) is 129 Å². The largest absolute Gasteiger partial charge is 0.396 e. The Labute approximate surface area is 176 Å². The summed E-state index contributed by atoms with van der Waals surface area (Å²) in [6, 6.07) is 0. The molecular weight excluding hydrogens is 421 g/mol. The van der Waals surface area contributed by atoms with Crippen LogP contribution in [0.5, 0.6) is 0 Å². The zero-order valence-electron chi connectivity index (χ0n) is 17.5. The summed E-state index contributed by atoms with van der Waals surface area (Å²) in [5.41, 5.74) is 6.06. The van der Waals surface area contributed by atoms with Crippen LogP contribution >= 0.6 is 24.0 Å². The number of hydrogen-bond acceptors (Lipinski definition) is 2. The van der Waals surface area contributed by atoms with Crippen molar-refractivity contribution in [2.24, 2.45) is 11.7 Å². The van der Waals surface area contributed by atoms with Gasteiger partial charge in [0.1, 0.15) is 0 Å². The minimum atomic E-state index is -0.203. The average Bonchev–Trinajstić information content (AvgIpc) is 2.54. The number of aliphatic hydroxyl groups is 1. The minimum Gasteiger partial charge on any atom is -0.396 e. The fraction of sp³-hybridized carbons (Fsp3) is 1.00. The second kappa shape index (κ2) is 19.4. The molecule has 0 aliphatic carbocycles. The molecule has 2 atom stereocenters. The van der Waals surface area contributed by atoms with E-state index in [1.165, 1.54) is 96.3 Å². The molecule has 0 saturated heterocycles. The predicted molar refractivity (Wildman–Crippen MR) is 124 cm³/mol. The summed E-state index contributed by atoms with van der Waals surface area (Å²) in [4.78, 5) is 0. The van der Waals surface area contributed by atoms with Crippen molar-refractivity contribution in [1.82, 2.24) is 0 Å². The summed E-state index contributed by atoms with van der Waals surface area (Å²) in [6.45, 7) is 6.80. The highest BCUT2D eigenvalue weighted by Crippen LogP contribution is 2.23. The fourth-order valence-corrected chi connectivity index (χ4v) is 3.46. The molecule has 3 heteroatoms. The van der Waals surface area contributed by atoms with E-state index in [2.05, 4.69) is 20.8 Å². The smallest absolute Gasteiger partial charge is 0.0448 e. The SMILES string of the molecule is CCCCCCCCCCCCCCCCC(C)C(C)(N)CCO.I. The van der Waals surface area contributed by atoms with Crippen molar-refractivity contribution < 1.29 is 5.11 Å². The van der Waals surface area contributed by atoms with Crippen LogP contribution in [-0.4, -0.2) is 17.3 Å². The number of rotatable bonds is 18. The monoisotopic (exact) mass is 469 g/mol. The van der Waals surface area contributed by atoms with Gasteiger partial charge in [0.2, 0.25) is 0 Å². The third kappa shape index (κ3) is 17.8. The molecule has 0 rings (SSSR count). The molecule has 0 fully saturated rings. The zero-order valence-corrected chi connectivity index (χ0v) is 19.9. The van der Waals surface area contributed by atoms with Crippen LogP contribution in [0, 0.1) is 5.92 Å². The first-order valence-corrected chi connectivity index (χ1v) is 10.9. The highest BCUT2D eigenvalue weighted by molar-refractivity contribution is 14.0. The summed E-state index contributed by atoms with van der Waals surface area (Å²) < 4.78 is 0. The number of nitrogens with two attached hydrogens (primary N) is 1. The maximum absolute atomic E-state index is 9.07. The number of unbranched alkanes of at least 4 members (excludes halogenated alkanes) is 13. The molecule has 3 N–H and O–H groups in total. The lowest BCUT2D eigenvalue weighted by atomic mass is 9.82. The minimum absolute atomic E-state index is 0. The Bertz CT molecular complexity index is 258. The summed E-state index contributed by atoms with van der Waals surface area (Å²) in [6.07, 6.45) is 21.6.